The van der Waals surface area contributed by atoms with Crippen molar-refractivity contribution < 1.29 is 9.53 Å². The van der Waals surface area contributed by atoms with Crippen LogP contribution in [0.15, 0.2) is 48.5 Å². The molecule has 1 amide bonds. The molecular formula is C21H25ClN2O2. The van der Waals surface area contributed by atoms with Gasteiger partial charge in [0.1, 0.15) is 0 Å². The van der Waals surface area contributed by atoms with Gasteiger partial charge in [0.25, 0.3) is 0 Å². The Kier molecular flexibility index (Phi) is 6.67. The molecule has 0 aromatic heterocycles. The van der Waals surface area contributed by atoms with Crippen molar-refractivity contribution in [2.45, 2.75) is 26.0 Å². The largest absolute Gasteiger partial charge is 0.380 e. The van der Waals surface area contributed by atoms with Crippen molar-refractivity contribution in [3.63, 3.8) is 0 Å². The molecule has 1 N–H and O–H groups in total. The van der Waals surface area contributed by atoms with Gasteiger partial charge in [0, 0.05) is 30.3 Å². The van der Waals surface area contributed by atoms with Gasteiger partial charge in [-0.3, -0.25) is 9.69 Å². The highest BCUT2D eigenvalue weighted by atomic mass is 35.5. The van der Waals surface area contributed by atoms with Gasteiger partial charge >= 0.3 is 0 Å². The molecule has 2 aromatic rings. The summed E-state index contributed by atoms with van der Waals surface area (Å²) in [5.41, 5.74) is 3.16. The first-order valence-electron chi connectivity index (χ1n) is 8.99. The van der Waals surface area contributed by atoms with E-state index in [1.165, 1.54) is 5.56 Å². The second-order valence-electron chi connectivity index (χ2n) is 6.80. The Morgan fingerprint density at radius 3 is 2.58 bits per heavy atom. The smallest absolute Gasteiger partial charge is 0.227 e. The second kappa shape index (κ2) is 9.17. The Labute approximate surface area is 160 Å². The van der Waals surface area contributed by atoms with E-state index in [0.29, 0.717) is 6.61 Å². The van der Waals surface area contributed by atoms with Gasteiger partial charge < -0.3 is 10.1 Å². The molecule has 0 bridgehead atoms. The van der Waals surface area contributed by atoms with E-state index < -0.39 is 0 Å². The van der Waals surface area contributed by atoms with Crippen LogP contribution in [0.3, 0.4) is 0 Å². The molecule has 0 spiro atoms. The summed E-state index contributed by atoms with van der Waals surface area (Å²) in [7, 11) is 1.67. The highest BCUT2D eigenvalue weighted by molar-refractivity contribution is 6.30. The van der Waals surface area contributed by atoms with Gasteiger partial charge in [0.05, 0.1) is 6.61 Å². The van der Waals surface area contributed by atoms with Gasteiger partial charge in [-0.1, -0.05) is 35.9 Å². The summed E-state index contributed by atoms with van der Waals surface area (Å²) in [6, 6.07) is 15.8. The lowest BCUT2D eigenvalue weighted by molar-refractivity contribution is -0.121. The molecule has 1 aliphatic rings. The van der Waals surface area contributed by atoms with Crippen molar-refractivity contribution in [1.82, 2.24) is 4.90 Å². The lowest BCUT2D eigenvalue weighted by Crippen LogP contribution is -2.37. The Balaban J connectivity index is 1.48. The van der Waals surface area contributed by atoms with Crippen molar-refractivity contribution in [2.75, 3.05) is 25.5 Å². The summed E-state index contributed by atoms with van der Waals surface area (Å²) in [4.78, 5) is 15.0. The molecule has 26 heavy (non-hydrogen) atoms. The van der Waals surface area contributed by atoms with Crippen LogP contribution in [0.4, 0.5) is 5.69 Å². The summed E-state index contributed by atoms with van der Waals surface area (Å²) >= 11 is 5.94. The predicted octanol–water partition coefficient (Wildman–Crippen LogP) is 4.34. The van der Waals surface area contributed by atoms with E-state index >= 15 is 0 Å². The maximum Gasteiger partial charge on any atom is 0.227 e. The highest BCUT2D eigenvalue weighted by Gasteiger charge is 2.25. The molecule has 1 aliphatic heterocycles. The lowest BCUT2D eigenvalue weighted by Gasteiger charge is -2.31. The maximum absolute atomic E-state index is 12.6. The second-order valence-corrected chi connectivity index (χ2v) is 7.24. The quantitative estimate of drug-likeness (QED) is 0.820. The molecule has 0 aliphatic carbocycles. The SMILES string of the molecule is COCc1cccc(NC(=O)C2CCN(Cc3ccc(Cl)cc3)CC2)c1. The number of piperidine rings is 1. The van der Waals surface area contributed by atoms with E-state index in [9.17, 15) is 4.79 Å². The number of carbonyl (C=O) groups excluding carboxylic acids is 1. The molecule has 5 heteroatoms. The number of rotatable bonds is 6. The van der Waals surface area contributed by atoms with Crippen molar-refractivity contribution in [3.05, 3.63) is 64.7 Å². The zero-order chi connectivity index (χ0) is 18.4. The molecule has 1 heterocycles. The molecule has 1 fully saturated rings. The first-order chi connectivity index (χ1) is 12.6. The van der Waals surface area contributed by atoms with E-state index in [1.54, 1.807) is 7.11 Å². The number of nitrogens with zero attached hydrogens (tertiary/aromatic N) is 1. The van der Waals surface area contributed by atoms with Crippen LogP contribution in [0.1, 0.15) is 24.0 Å². The van der Waals surface area contributed by atoms with Crippen LogP contribution in [0.2, 0.25) is 5.02 Å². The van der Waals surface area contributed by atoms with Gasteiger partial charge in [-0.05, 0) is 61.3 Å². The molecule has 2 aromatic carbocycles. The zero-order valence-electron chi connectivity index (χ0n) is 15.1. The molecule has 138 valence electrons. The minimum absolute atomic E-state index is 0.0718. The van der Waals surface area contributed by atoms with Crippen LogP contribution < -0.4 is 5.32 Å². The van der Waals surface area contributed by atoms with Crippen LogP contribution in [0, 0.1) is 5.92 Å². The Morgan fingerprint density at radius 2 is 1.88 bits per heavy atom. The molecular weight excluding hydrogens is 348 g/mol. The number of hydrogen-bond acceptors (Lipinski definition) is 3. The summed E-state index contributed by atoms with van der Waals surface area (Å²) in [6.45, 7) is 3.33. The number of anilines is 1. The molecule has 0 saturated carbocycles. The zero-order valence-corrected chi connectivity index (χ0v) is 15.8. The van der Waals surface area contributed by atoms with Crippen LogP contribution in [-0.2, 0) is 22.7 Å². The molecule has 0 unspecified atom stereocenters. The van der Waals surface area contributed by atoms with E-state index in [0.717, 1.165) is 48.7 Å². The Hall–Kier alpha value is -1.88. The minimum atomic E-state index is 0.0718. The number of hydrogen-bond donors (Lipinski definition) is 1. The first kappa shape index (κ1) is 18.9. The molecule has 4 nitrogen and oxygen atoms in total. The average molecular weight is 373 g/mol. The van der Waals surface area contributed by atoms with Gasteiger partial charge in [0.15, 0.2) is 0 Å². The third-order valence-electron chi connectivity index (χ3n) is 4.78. The molecule has 1 saturated heterocycles. The van der Waals surface area contributed by atoms with Gasteiger partial charge in [-0.15, -0.1) is 0 Å². The number of benzene rings is 2. The molecule has 3 rings (SSSR count). The van der Waals surface area contributed by atoms with Crippen LogP contribution in [0.5, 0.6) is 0 Å². The summed E-state index contributed by atoms with van der Waals surface area (Å²) in [6.07, 6.45) is 1.77. The minimum Gasteiger partial charge on any atom is -0.380 e. The maximum atomic E-state index is 12.6. The van der Waals surface area contributed by atoms with Gasteiger partial charge in [-0.25, -0.2) is 0 Å². The summed E-state index contributed by atoms with van der Waals surface area (Å²) < 4.78 is 5.15. The number of ether oxygens (including phenoxy) is 1. The van der Waals surface area contributed by atoms with E-state index in [2.05, 4.69) is 22.3 Å². The fourth-order valence-electron chi connectivity index (χ4n) is 3.35. The number of nitrogens with one attached hydrogen (secondary N) is 1. The van der Waals surface area contributed by atoms with Gasteiger partial charge in [0.2, 0.25) is 5.91 Å². The van der Waals surface area contributed by atoms with Crippen molar-refractivity contribution in [1.29, 1.82) is 0 Å². The van der Waals surface area contributed by atoms with Crippen molar-refractivity contribution in [2.24, 2.45) is 5.92 Å². The summed E-state index contributed by atoms with van der Waals surface area (Å²) in [5.74, 6) is 0.188. The first-order valence-corrected chi connectivity index (χ1v) is 9.37. The van der Waals surface area contributed by atoms with Crippen molar-refractivity contribution >= 4 is 23.2 Å². The average Bonchev–Trinajstić information content (AvgIpc) is 2.65. The molecule has 0 radical (unpaired) electrons. The van der Waals surface area contributed by atoms with E-state index in [1.807, 2.05) is 36.4 Å². The predicted molar refractivity (Wildman–Crippen MR) is 105 cm³/mol. The topological polar surface area (TPSA) is 41.6 Å². The Bertz CT molecular complexity index is 725. The van der Waals surface area contributed by atoms with E-state index in [4.69, 9.17) is 16.3 Å². The number of amides is 1. The normalized spacial score (nSPS) is 15.8. The number of halogens is 1. The number of likely N-dealkylation sites (tertiary alicyclic amines) is 1. The Morgan fingerprint density at radius 1 is 1.15 bits per heavy atom. The third kappa shape index (κ3) is 5.31. The lowest BCUT2D eigenvalue weighted by atomic mass is 9.95. The number of methoxy groups -OCH3 is 1. The standard InChI is InChI=1S/C21H25ClN2O2/c1-26-15-17-3-2-4-20(13-17)23-21(25)18-9-11-24(12-10-18)14-16-5-7-19(22)8-6-16/h2-8,13,18H,9-12,14-15H2,1H3,(H,23,25). The third-order valence-corrected chi connectivity index (χ3v) is 5.04. The van der Waals surface area contributed by atoms with E-state index in [-0.39, 0.29) is 11.8 Å². The van der Waals surface area contributed by atoms with Crippen LogP contribution in [-0.4, -0.2) is 31.0 Å². The molecule has 0 atom stereocenters. The monoisotopic (exact) mass is 372 g/mol. The van der Waals surface area contributed by atoms with Gasteiger partial charge in [-0.2, -0.15) is 0 Å². The van der Waals surface area contributed by atoms with Crippen molar-refractivity contribution in [3.8, 4) is 0 Å². The fourth-order valence-corrected chi connectivity index (χ4v) is 3.48. The fraction of sp³-hybridized carbons (Fsp3) is 0.381. The van der Waals surface area contributed by atoms with Crippen LogP contribution in [0.25, 0.3) is 0 Å². The number of carbonyl (C=O) groups is 1. The highest BCUT2D eigenvalue weighted by Crippen LogP contribution is 2.22. The summed E-state index contributed by atoms with van der Waals surface area (Å²) in [5, 5.41) is 3.82. The van der Waals surface area contributed by atoms with Crippen LogP contribution >= 0.6 is 11.6 Å².